The van der Waals surface area contributed by atoms with Crippen LogP contribution in [0.2, 0.25) is 0 Å². The molecule has 0 saturated heterocycles. The molecule has 0 bridgehead atoms. The van der Waals surface area contributed by atoms with Gasteiger partial charge in [-0.1, -0.05) is 101 Å². The molecule has 2 atom stereocenters. The summed E-state index contributed by atoms with van der Waals surface area (Å²) in [5, 5.41) is 0. The number of hydrogen-bond acceptors (Lipinski definition) is 1. The highest BCUT2D eigenvalue weighted by molar-refractivity contribution is 4.86. The summed E-state index contributed by atoms with van der Waals surface area (Å²) >= 11 is 0. The zero-order valence-corrected chi connectivity index (χ0v) is 19.4. The van der Waals surface area contributed by atoms with E-state index in [1.807, 2.05) is 24.3 Å². The minimum Gasteiger partial charge on any atom is -0.367 e. The first-order chi connectivity index (χ1) is 14.3. The van der Waals surface area contributed by atoms with Crippen LogP contribution in [-0.4, -0.2) is 12.2 Å². The molecule has 0 aliphatic heterocycles. The summed E-state index contributed by atoms with van der Waals surface area (Å²) in [7, 11) is 0. The van der Waals surface area contributed by atoms with Crippen LogP contribution in [0, 0.1) is 0 Å². The molecule has 1 heteroatoms. The maximum Gasteiger partial charge on any atom is 0.0761 e. The van der Waals surface area contributed by atoms with Gasteiger partial charge in [-0.3, -0.25) is 0 Å². The highest BCUT2D eigenvalue weighted by Crippen LogP contribution is 2.17. The number of ether oxygens (including phenoxy) is 1. The lowest BCUT2D eigenvalue weighted by Crippen LogP contribution is -2.19. The largest absolute Gasteiger partial charge is 0.367 e. The van der Waals surface area contributed by atoms with Gasteiger partial charge in [-0.15, -0.1) is 26.3 Å². The van der Waals surface area contributed by atoms with Crippen LogP contribution in [0.1, 0.15) is 116 Å². The van der Waals surface area contributed by atoms with Crippen molar-refractivity contribution in [1.82, 2.24) is 0 Å². The minimum atomic E-state index is 0.176. The Bertz CT molecular complexity index is 348. The Labute approximate surface area is 183 Å². The molecular formula is C28H50O. The lowest BCUT2D eigenvalue weighted by molar-refractivity contribution is 0.0299. The molecule has 0 amide bonds. The predicted molar refractivity (Wildman–Crippen MR) is 133 cm³/mol. The first kappa shape index (κ1) is 27.9. The fourth-order valence-corrected chi connectivity index (χ4v) is 3.74. The fourth-order valence-electron chi connectivity index (χ4n) is 3.74. The van der Waals surface area contributed by atoms with Crippen LogP contribution in [0.15, 0.2) is 50.6 Å². The van der Waals surface area contributed by atoms with Gasteiger partial charge in [0.15, 0.2) is 0 Å². The summed E-state index contributed by atoms with van der Waals surface area (Å²) < 4.78 is 6.24. The summed E-state index contributed by atoms with van der Waals surface area (Å²) in [4.78, 5) is 0. The summed E-state index contributed by atoms with van der Waals surface area (Å²) in [5.74, 6) is 0. The third-order valence-corrected chi connectivity index (χ3v) is 5.67. The van der Waals surface area contributed by atoms with Gasteiger partial charge in [0.2, 0.25) is 0 Å². The molecular weight excluding hydrogens is 352 g/mol. The Morgan fingerprint density at radius 3 is 1.07 bits per heavy atom. The van der Waals surface area contributed by atoms with Gasteiger partial charge in [0, 0.05) is 0 Å². The van der Waals surface area contributed by atoms with Gasteiger partial charge in [0.1, 0.15) is 0 Å². The van der Waals surface area contributed by atoms with E-state index in [1.54, 1.807) is 0 Å². The molecule has 0 heterocycles. The molecule has 1 nitrogen and oxygen atoms in total. The molecule has 0 aromatic carbocycles. The molecule has 0 spiro atoms. The van der Waals surface area contributed by atoms with Crippen molar-refractivity contribution in [2.45, 2.75) is 128 Å². The van der Waals surface area contributed by atoms with Crippen LogP contribution in [0.5, 0.6) is 0 Å². The van der Waals surface area contributed by atoms with E-state index in [-0.39, 0.29) is 12.2 Å². The average molecular weight is 403 g/mol. The summed E-state index contributed by atoms with van der Waals surface area (Å²) in [6.07, 6.45) is 31.4. The lowest BCUT2D eigenvalue weighted by Gasteiger charge is -2.20. The van der Waals surface area contributed by atoms with E-state index >= 15 is 0 Å². The Morgan fingerprint density at radius 2 is 0.759 bits per heavy atom. The van der Waals surface area contributed by atoms with Gasteiger partial charge in [-0.05, 0) is 38.5 Å². The molecule has 0 aliphatic rings. The topological polar surface area (TPSA) is 9.23 Å². The number of rotatable bonds is 24. The van der Waals surface area contributed by atoms with Gasteiger partial charge in [-0.2, -0.15) is 0 Å². The van der Waals surface area contributed by atoms with Crippen molar-refractivity contribution < 1.29 is 4.74 Å². The van der Waals surface area contributed by atoms with Crippen molar-refractivity contribution in [3.63, 3.8) is 0 Å². The summed E-state index contributed by atoms with van der Waals surface area (Å²) in [6, 6.07) is 0. The smallest absolute Gasteiger partial charge is 0.0761 e. The second-order valence-electron chi connectivity index (χ2n) is 8.37. The lowest BCUT2D eigenvalue weighted by atomic mass is 10.0. The first-order valence-electron chi connectivity index (χ1n) is 12.4. The maximum atomic E-state index is 6.24. The van der Waals surface area contributed by atoms with Gasteiger partial charge in [-0.25, -0.2) is 0 Å². The van der Waals surface area contributed by atoms with E-state index in [9.17, 15) is 0 Å². The van der Waals surface area contributed by atoms with Crippen molar-refractivity contribution in [3.05, 3.63) is 50.6 Å². The summed E-state index contributed by atoms with van der Waals surface area (Å²) in [6.45, 7) is 15.5. The van der Waals surface area contributed by atoms with Crippen LogP contribution in [-0.2, 0) is 4.74 Å². The van der Waals surface area contributed by atoms with Crippen molar-refractivity contribution >= 4 is 0 Å². The first-order valence-corrected chi connectivity index (χ1v) is 12.4. The van der Waals surface area contributed by atoms with E-state index in [2.05, 4.69) is 26.3 Å². The maximum absolute atomic E-state index is 6.24. The quantitative estimate of drug-likeness (QED) is 0.115. The van der Waals surface area contributed by atoms with Gasteiger partial charge in [0.05, 0.1) is 12.2 Å². The molecule has 29 heavy (non-hydrogen) atoms. The second kappa shape index (κ2) is 23.2. The molecule has 0 aromatic heterocycles. The molecule has 168 valence electrons. The van der Waals surface area contributed by atoms with Crippen LogP contribution in [0.4, 0.5) is 0 Å². The van der Waals surface area contributed by atoms with Gasteiger partial charge >= 0.3 is 0 Å². The number of hydrogen-bond donors (Lipinski definition) is 0. The Kier molecular flexibility index (Phi) is 22.3. The zero-order chi connectivity index (χ0) is 21.4. The highest BCUT2D eigenvalue weighted by Gasteiger charge is 2.11. The SMILES string of the molecule is C=CCCCCCCCCCC(C=C)OC(C=C)CCCCCCCCCC=C. The van der Waals surface area contributed by atoms with Crippen molar-refractivity contribution in [2.24, 2.45) is 0 Å². The molecule has 0 radical (unpaired) electrons. The van der Waals surface area contributed by atoms with Crippen molar-refractivity contribution in [3.8, 4) is 0 Å². The van der Waals surface area contributed by atoms with E-state index in [0.29, 0.717) is 0 Å². The molecule has 0 rings (SSSR count). The van der Waals surface area contributed by atoms with E-state index in [4.69, 9.17) is 4.74 Å². The molecule has 0 aliphatic carbocycles. The number of allylic oxidation sites excluding steroid dienone is 2. The predicted octanol–water partition coefficient (Wildman–Crippen LogP) is 9.51. The van der Waals surface area contributed by atoms with Gasteiger partial charge in [0.25, 0.3) is 0 Å². The average Bonchev–Trinajstić information content (AvgIpc) is 2.74. The molecule has 0 N–H and O–H groups in total. The van der Waals surface area contributed by atoms with Crippen molar-refractivity contribution in [1.29, 1.82) is 0 Å². The minimum absolute atomic E-state index is 0.176. The second-order valence-corrected chi connectivity index (χ2v) is 8.37. The van der Waals surface area contributed by atoms with Crippen LogP contribution in [0.25, 0.3) is 0 Å². The molecule has 0 saturated carbocycles. The molecule has 2 unspecified atom stereocenters. The monoisotopic (exact) mass is 402 g/mol. The third kappa shape index (κ3) is 20.0. The van der Waals surface area contributed by atoms with Crippen LogP contribution in [0.3, 0.4) is 0 Å². The Hall–Kier alpha value is -1.08. The highest BCUT2D eigenvalue weighted by atomic mass is 16.5. The van der Waals surface area contributed by atoms with E-state index in [1.165, 1.54) is 103 Å². The Morgan fingerprint density at radius 1 is 0.448 bits per heavy atom. The zero-order valence-electron chi connectivity index (χ0n) is 19.4. The van der Waals surface area contributed by atoms with Gasteiger partial charge < -0.3 is 4.74 Å². The Balaban J connectivity index is 3.66. The third-order valence-electron chi connectivity index (χ3n) is 5.67. The van der Waals surface area contributed by atoms with Crippen LogP contribution < -0.4 is 0 Å². The number of unbranched alkanes of at least 4 members (excludes halogenated alkanes) is 14. The van der Waals surface area contributed by atoms with Crippen molar-refractivity contribution in [2.75, 3.05) is 0 Å². The fraction of sp³-hybridized carbons (Fsp3) is 0.714. The van der Waals surface area contributed by atoms with E-state index < -0.39 is 0 Å². The summed E-state index contributed by atoms with van der Waals surface area (Å²) in [5.41, 5.74) is 0. The van der Waals surface area contributed by atoms with E-state index in [0.717, 1.165) is 12.8 Å². The van der Waals surface area contributed by atoms with Crippen LogP contribution >= 0.6 is 0 Å². The standard InChI is InChI=1S/C28H50O/c1-5-9-11-13-15-17-19-21-23-25-27(7-3)29-28(8-4)26-24-22-20-18-16-14-12-10-6-2/h5-8,27-28H,1-4,9-26H2. The normalized spacial score (nSPS) is 13.0. The molecule has 0 aromatic rings. The molecule has 0 fully saturated rings.